The molecule has 4 nitrogen and oxygen atoms in total. The Hall–Kier alpha value is -1.55. The van der Waals surface area contributed by atoms with Crippen LogP contribution < -0.4 is 0 Å². The summed E-state index contributed by atoms with van der Waals surface area (Å²) in [4.78, 5) is 12.6. The molecule has 2 fully saturated rings. The van der Waals surface area contributed by atoms with E-state index in [4.69, 9.17) is 9.15 Å². The van der Waals surface area contributed by atoms with E-state index in [0.717, 1.165) is 50.5 Å². The first-order chi connectivity index (χ1) is 12.4. The van der Waals surface area contributed by atoms with Crippen LogP contribution in [0.15, 0.2) is 28.9 Å². The largest absolute Gasteiger partial charge is 0.469 e. The van der Waals surface area contributed by atoms with Gasteiger partial charge >= 0.3 is 5.97 Å². The van der Waals surface area contributed by atoms with Crippen LogP contribution in [0.3, 0.4) is 0 Å². The summed E-state index contributed by atoms with van der Waals surface area (Å²) in [6.45, 7) is 8.80. The molecule has 1 heterocycles. The zero-order valence-electron chi connectivity index (χ0n) is 16.3. The van der Waals surface area contributed by atoms with E-state index in [-0.39, 0.29) is 18.0 Å². The first-order valence-electron chi connectivity index (χ1n) is 9.79. The number of fused-ring (bicyclic) bond motifs is 1. The molecule has 1 N–H and O–H groups in total. The normalized spacial score (nSPS) is 34.4. The van der Waals surface area contributed by atoms with Crippen molar-refractivity contribution in [1.82, 2.24) is 0 Å². The van der Waals surface area contributed by atoms with Gasteiger partial charge < -0.3 is 14.3 Å². The smallest absolute Gasteiger partial charge is 0.311 e. The highest BCUT2D eigenvalue weighted by Gasteiger charge is 2.57. The van der Waals surface area contributed by atoms with Crippen LogP contribution in [-0.4, -0.2) is 18.2 Å². The second kappa shape index (κ2) is 7.22. The van der Waals surface area contributed by atoms with Crippen LogP contribution in [0.4, 0.5) is 0 Å². The number of hydrogen-bond acceptors (Lipinski definition) is 4. The van der Waals surface area contributed by atoms with Gasteiger partial charge in [0.1, 0.15) is 12.4 Å². The number of allylic oxidation sites excluding steroid dienone is 1. The number of rotatable bonds is 5. The molecule has 26 heavy (non-hydrogen) atoms. The van der Waals surface area contributed by atoms with E-state index in [1.807, 2.05) is 6.07 Å². The summed E-state index contributed by atoms with van der Waals surface area (Å²) in [5.74, 6) is 1.31. The molecule has 3 rings (SSSR count). The number of aliphatic hydroxyl groups excluding tert-OH is 1. The summed E-state index contributed by atoms with van der Waals surface area (Å²) in [5, 5.41) is 9.43. The highest BCUT2D eigenvalue weighted by atomic mass is 16.5. The number of aryl methyl sites for hydroxylation is 1. The summed E-state index contributed by atoms with van der Waals surface area (Å²) < 4.78 is 10.6. The molecule has 0 spiro atoms. The fourth-order valence-electron chi connectivity index (χ4n) is 5.99. The monoisotopic (exact) mass is 360 g/mol. The van der Waals surface area contributed by atoms with Gasteiger partial charge in [0.15, 0.2) is 0 Å². The van der Waals surface area contributed by atoms with Gasteiger partial charge in [-0.05, 0) is 74.3 Å². The lowest BCUT2D eigenvalue weighted by Crippen LogP contribution is -2.53. The molecule has 144 valence electrons. The molecular weight excluding hydrogens is 328 g/mol. The van der Waals surface area contributed by atoms with Crippen LogP contribution in [0.2, 0.25) is 0 Å². The fourth-order valence-corrected chi connectivity index (χ4v) is 5.99. The first kappa shape index (κ1) is 19.2. The van der Waals surface area contributed by atoms with Crippen LogP contribution in [0.5, 0.6) is 0 Å². The average molecular weight is 360 g/mol. The minimum atomic E-state index is -0.396. The molecule has 0 amide bonds. The molecule has 0 radical (unpaired) electrons. The van der Waals surface area contributed by atoms with Gasteiger partial charge in [-0.2, -0.15) is 0 Å². The number of aliphatic hydroxyl groups is 1. The fraction of sp³-hybridized carbons (Fsp3) is 0.682. The topological polar surface area (TPSA) is 59.7 Å². The minimum Gasteiger partial charge on any atom is -0.469 e. The third kappa shape index (κ3) is 3.02. The lowest BCUT2D eigenvalue weighted by Gasteiger charge is -2.57. The molecule has 2 saturated carbocycles. The molecule has 0 bridgehead atoms. The molecule has 4 atom stereocenters. The second-order valence-electron chi connectivity index (χ2n) is 8.64. The third-order valence-corrected chi connectivity index (χ3v) is 7.36. The summed E-state index contributed by atoms with van der Waals surface area (Å²) in [7, 11) is 1.51. The van der Waals surface area contributed by atoms with Crippen molar-refractivity contribution in [1.29, 1.82) is 0 Å². The number of hydrogen-bond donors (Lipinski definition) is 1. The number of furan rings is 1. The van der Waals surface area contributed by atoms with Crippen LogP contribution in [0.25, 0.3) is 0 Å². The van der Waals surface area contributed by atoms with Crippen molar-refractivity contribution in [2.45, 2.75) is 65.4 Å². The first-order valence-corrected chi connectivity index (χ1v) is 9.79. The quantitative estimate of drug-likeness (QED) is 0.613. The Bertz CT molecular complexity index is 675. The molecule has 2 aliphatic rings. The van der Waals surface area contributed by atoms with E-state index in [9.17, 15) is 9.90 Å². The molecule has 4 heteroatoms. The van der Waals surface area contributed by atoms with Gasteiger partial charge in [-0.15, -0.1) is 0 Å². The molecule has 2 aliphatic carbocycles. The van der Waals surface area contributed by atoms with Gasteiger partial charge in [0.05, 0.1) is 18.8 Å². The zero-order chi connectivity index (χ0) is 18.9. The highest BCUT2D eigenvalue weighted by Crippen LogP contribution is 2.62. The Morgan fingerprint density at radius 2 is 2.19 bits per heavy atom. The third-order valence-electron chi connectivity index (χ3n) is 7.36. The molecule has 0 aliphatic heterocycles. The molecule has 1 aromatic heterocycles. The van der Waals surface area contributed by atoms with E-state index < -0.39 is 5.41 Å². The van der Waals surface area contributed by atoms with E-state index in [2.05, 4.69) is 20.4 Å². The van der Waals surface area contributed by atoms with Crippen LogP contribution >= 0.6 is 0 Å². The number of methoxy groups -OCH3 is 1. The second-order valence-corrected chi connectivity index (χ2v) is 8.64. The molecular formula is C22H32O4. The predicted molar refractivity (Wildman–Crippen MR) is 100 cm³/mol. The van der Waals surface area contributed by atoms with Gasteiger partial charge in [0.25, 0.3) is 0 Å². The van der Waals surface area contributed by atoms with Crippen LogP contribution in [0, 0.1) is 22.7 Å². The van der Waals surface area contributed by atoms with Crippen molar-refractivity contribution in [2.24, 2.45) is 22.7 Å². The summed E-state index contributed by atoms with van der Waals surface area (Å²) >= 11 is 0. The van der Waals surface area contributed by atoms with Crippen LogP contribution in [0.1, 0.15) is 63.7 Å². The lowest BCUT2D eigenvalue weighted by molar-refractivity contribution is -0.168. The lowest BCUT2D eigenvalue weighted by atomic mass is 9.46. The van der Waals surface area contributed by atoms with Crippen molar-refractivity contribution in [3.8, 4) is 0 Å². The van der Waals surface area contributed by atoms with Crippen molar-refractivity contribution in [2.75, 3.05) is 7.11 Å². The highest BCUT2D eigenvalue weighted by molar-refractivity contribution is 5.77. The zero-order valence-corrected chi connectivity index (χ0v) is 16.3. The van der Waals surface area contributed by atoms with Crippen molar-refractivity contribution >= 4 is 5.97 Å². The molecule has 0 saturated heterocycles. The number of ether oxygens (including phenoxy) is 1. The Balaban J connectivity index is 1.85. The van der Waals surface area contributed by atoms with Crippen molar-refractivity contribution in [3.05, 3.63) is 35.8 Å². The predicted octanol–water partition coefficient (Wildman–Crippen LogP) is 4.66. The van der Waals surface area contributed by atoms with Gasteiger partial charge in [-0.3, -0.25) is 4.79 Å². The van der Waals surface area contributed by atoms with Gasteiger partial charge in [0.2, 0.25) is 0 Å². The molecule has 2 unspecified atom stereocenters. The maximum atomic E-state index is 12.6. The Morgan fingerprint density at radius 3 is 2.88 bits per heavy atom. The number of esters is 1. The van der Waals surface area contributed by atoms with Gasteiger partial charge in [-0.1, -0.05) is 25.5 Å². The Morgan fingerprint density at radius 1 is 1.42 bits per heavy atom. The van der Waals surface area contributed by atoms with Crippen LogP contribution in [-0.2, 0) is 22.6 Å². The Labute approximate surface area is 156 Å². The van der Waals surface area contributed by atoms with Gasteiger partial charge in [0, 0.05) is 0 Å². The van der Waals surface area contributed by atoms with E-state index in [1.165, 1.54) is 12.7 Å². The SMILES string of the molecule is C=C1CCC2C(C)(C(=O)OC)CCC[C@]2(C)[C@H]1CCc1ccoc1CO. The molecule has 0 aromatic carbocycles. The van der Waals surface area contributed by atoms with E-state index in [1.54, 1.807) is 6.26 Å². The van der Waals surface area contributed by atoms with Crippen molar-refractivity contribution in [3.63, 3.8) is 0 Å². The average Bonchev–Trinajstić information content (AvgIpc) is 3.07. The summed E-state index contributed by atoms with van der Waals surface area (Å²) in [6, 6.07) is 1.95. The molecule has 1 aromatic rings. The van der Waals surface area contributed by atoms with Gasteiger partial charge in [-0.25, -0.2) is 0 Å². The standard InChI is InChI=1S/C22H32O4/c1-15-6-9-19-21(2,11-5-12-22(19,3)20(24)25-4)17(15)8-7-16-10-13-26-18(16)14-23/h10,13,17,19,23H,1,5-9,11-12,14H2,2-4H3/t17-,19?,21+,22?/m0/s1. The van der Waals surface area contributed by atoms with Crippen molar-refractivity contribution < 1.29 is 19.1 Å². The van der Waals surface area contributed by atoms with E-state index >= 15 is 0 Å². The van der Waals surface area contributed by atoms with E-state index in [0.29, 0.717) is 17.6 Å². The maximum Gasteiger partial charge on any atom is 0.311 e. The summed E-state index contributed by atoms with van der Waals surface area (Å²) in [5.41, 5.74) is 2.07. The number of carbonyl (C=O) groups excluding carboxylic acids is 1. The number of carbonyl (C=O) groups is 1. The minimum absolute atomic E-state index is 0.0583. The maximum absolute atomic E-state index is 12.6. The Kier molecular flexibility index (Phi) is 5.34. The summed E-state index contributed by atoms with van der Waals surface area (Å²) in [6.07, 6.45) is 8.59.